The molecule has 0 aromatic heterocycles. The van der Waals surface area contributed by atoms with Crippen LogP contribution in [0, 0.1) is 0 Å². The summed E-state index contributed by atoms with van der Waals surface area (Å²) in [5.74, 6) is -0.907. The van der Waals surface area contributed by atoms with E-state index in [1.165, 1.54) is 57.8 Å². The second kappa shape index (κ2) is 19.8. The van der Waals surface area contributed by atoms with Crippen molar-refractivity contribution in [2.75, 3.05) is 0 Å². The normalized spacial score (nSPS) is 9.39. The average Bonchev–Trinajstić information content (AvgIpc) is 2.25. The summed E-state index contributed by atoms with van der Waals surface area (Å²) in [5, 5.41) is 10.1. The number of rotatable bonds is 12. The van der Waals surface area contributed by atoms with E-state index in [1.807, 2.05) is 0 Å². The van der Waals surface area contributed by atoms with Gasteiger partial charge in [0.2, 0.25) is 0 Å². The first-order valence-electron chi connectivity index (χ1n) is 6.97. The predicted octanol–water partition coefficient (Wildman–Crippen LogP) is -0.383. The summed E-state index contributed by atoms with van der Waals surface area (Å²) in [6, 6.07) is 0. The molecule has 0 aliphatic rings. The van der Waals surface area contributed by atoms with E-state index in [0.717, 1.165) is 12.8 Å². The second-order valence-electron chi connectivity index (χ2n) is 4.66. The van der Waals surface area contributed by atoms with Crippen molar-refractivity contribution >= 4 is 5.97 Å². The third-order valence-corrected chi connectivity index (χ3v) is 2.98. The molecule has 0 atom stereocenters. The van der Waals surface area contributed by atoms with Crippen LogP contribution in [0.2, 0.25) is 0 Å². The van der Waals surface area contributed by atoms with Crippen LogP contribution in [-0.2, 0) is 4.79 Å². The molecule has 0 heterocycles. The molecule has 3 nitrogen and oxygen atoms in total. The number of hydrogen-bond donors (Lipinski definition) is 0. The summed E-state index contributed by atoms with van der Waals surface area (Å²) in [6.45, 7) is 2.24. The van der Waals surface area contributed by atoms with Gasteiger partial charge in [0.1, 0.15) is 0 Å². The summed E-state index contributed by atoms with van der Waals surface area (Å²) in [6.07, 6.45) is 14.0. The minimum absolute atomic E-state index is 0. The first-order valence-corrected chi connectivity index (χ1v) is 6.97. The summed E-state index contributed by atoms with van der Waals surface area (Å²) >= 11 is 0. The zero-order chi connectivity index (χ0) is 12.1. The zero-order valence-corrected chi connectivity index (χ0v) is 14.3. The molecule has 0 bridgehead atoms. The van der Waals surface area contributed by atoms with Gasteiger partial charge in [0.05, 0.1) is 0 Å². The maximum atomic E-state index is 10.1. The topological polar surface area (TPSA) is 71.6 Å². The van der Waals surface area contributed by atoms with E-state index in [0.29, 0.717) is 0 Å². The Bertz CT molecular complexity index is 163. The number of carboxylic acid groups (broad SMARTS) is 1. The largest absolute Gasteiger partial charge is 1.00 e. The fourth-order valence-electron chi connectivity index (χ4n) is 1.93. The molecule has 2 N–H and O–H groups in total. The number of aliphatic carboxylic acids is 1. The molecule has 0 aliphatic heterocycles. The molecule has 0 amide bonds. The molecule has 0 aromatic rings. The molecule has 0 spiro atoms. The van der Waals surface area contributed by atoms with Crippen molar-refractivity contribution in [3.05, 3.63) is 0 Å². The molecule has 18 heavy (non-hydrogen) atoms. The quantitative estimate of drug-likeness (QED) is 0.357. The molecular weight excluding hydrogens is 239 g/mol. The first-order chi connectivity index (χ1) is 7.77. The summed E-state index contributed by atoms with van der Waals surface area (Å²) in [5.41, 5.74) is 0. The molecule has 0 fully saturated rings. The van der Waals surface area contributed by atoms with Gasteiger partial charge in [-0.05, 0) is 12.8 Å². The van der Waals surface area contributed by atoms with Crippen molar-refractivity contribution in [2.24, 2.45) is 0 Å². The SMILES string of the molecule is CCCCCCCCCCCCCC(=O)[O-].O.[Na+]. The molecule has 0 unspecified atom stereocenters. The van der Waals surface area contributed by atoms with Crippen molar-refractivity contribution in [2.45, 2.75) is 84.0 Å². The van der Waals surface area contributed by atoms with E-state index in [-0.39, 0.29) is 41.5 Å². The van der Waals surface area contributed by atoms with Crippen LogP contribution in [0.3, 0.4) is 0 Å². The minimum atomic E-state index is -0.907. The fraction of sp³-hybridized carbons (Fsp3) is 0.929. The van der Waals surface area contributed by atoms with Crippen molar-refractivity contribution in [1.29, 1.82) is 0 Å². The van der Waals surface area contributed by atoms with Gasteiger partial charge in [-0.25, -0.2) is 0 Å². The van der Waals surface area contributed by atoms with Gasteiger partial charge in [-0.3, -0.25) is 0 Å². The Labute approximate surface area is 134 Å². The van der Waals surface area contributed by atoms with Gasteiger partial charge in [0, 0.05) is 5.97 Å². The smallest absolute Gasteiger partial charge is 0.550 e. The Kier molecular flexibility index (Phi) is 25.8. The first kappa shape index (κ1) is 23.5. The maximum Gasteiger partial charge on any atom is 1.00 e. The Balaban J connectivity index is -0.00000112. The van der Waals surface area contributed by atoms with E-state index in [9.17, 15) is 9.90 Å². The van der Waals surface area contributed by atoms with Gasteiger partial charge in [0.25, 0.3) is 0 Å². The van der Waals surface area contributed by atoms with Crippen LogP contribution >= 0.6 is 0 Å². The second-order valence-corrected chi connectivity index (χ2v) is 4.66. The minimum Gasteiger partial charge on any atom is -0.550 e. The third kappa shape index (κ3) is 21.7. The van der Waals surface area contributed by atoms with Crippen molar-refractivity contribution in [3.63, 3.8) is 0 Å². The van der Waals surface area contributed by atoms with Crippen LogP contribution in [0.4, 0.5) is 0 Å². The molecule has 4 heteroatoms. The van der Waals surface area contributed by atoms with Crippen LogP contribution in [0.15, 0.2) is 0 Å². The molecule has 0 aliphatic carbocycles. The summed E-state index contributed by atoms with van der Waals surface area (Å²) in [4.78, 5) is 10.1. The van der Waals surface area contributed by atoms with Gasteiger partial charge < -0.3 is 15.4 Å². The number of unbranched alkanes of at least 4 members (excludes halogenated alkanes) is 10. The zero-order valence-electron chi connectivity index (χ0n) is 12.3. The molecule has 0 saturated carbocycles. The number of carbonyl (C=O) groups excluding carboxylic acids is 1. The van der Waals surface area contributed by atoms with Crippen LogP contribution in [0.25, 0.3) is 0 Å². The monoisotopic (exact) mass is 268 g/mol. The van der Waals surface area contributed by atoms with E-state index in [1.54, 1.807) is 0 Å². The third-order valence-electron chi connectivity index (χ3n) is 2.98. The van der Waals surface area contributed by atoms with Crippen LogP contribution in [-0.4, -0.2) is 11.4 Å². The molecular formula is C14H29NaO3. The molecule has 0 radical (unpaired) electrons. The molecule has 104 valence electrons. The van der Waals surface area contributed by atoms with Gasteiger partial charge >= 0.3 is 29.6 Å². The van der Waals surface area contributed by atoms with E-state index >= 15 is 0 Å². The standard InChI is InChI=1S/C14H28O2.Na.H2O/c1-2-3-4-5-6-7-8-9-10-11-12-13-14(15)16;;/h2-13H2,1H3,(H,15,16);;1H2/q;+1;/p-1. The van der Waals surface area contributed by atoms with Crippen molar-refractivity contribution < 1.29 is 44.9 Å². The van der Waals surface area contributed by atoms with Crippen LogP contribution in [0.5, 0.6) is 0 Å². The fourth-order valence-corrected chi connectivity index (χ4v) is 1.93. The Morgan fingerprint density at radius 1 is 0.778 bits per heavy atom. The van der Waals surface area contributed by atoms with Crippen LogP contribution < -0.4 is 34.7 Å². The Morgan fingerprint density at radius 3 is 1.44 bits per heavy atom. The summed E-state index contributed by atoms with van der Waals surface area (Å²) in [7, 11) is 0. The average molecular weight is 268 g/mol. The van der Waals surface area contributed by atoms with Gasteiger partial charge in [-0.15, -0.1) is 0 Å². The van der Waals surface area contributed by atoms with Crippen molar-refractivity contribution in [1.82, 2.24) is 0 Å². The van der Waals surface area contributed by atoms with E-state index in [4.69, 9.17) is 0 Å². The Hall–Kier alpha value is 0.430. The predicted molar refractivity (Wildman–Crippen MR) is 69.7 cm³/mol. The van der Waals surface area contributed by atoms with Gasteiger partial charge in [-0.1, -0.05) is 71.1 Å². The maximum absolute atomic E-state index is 10.1. The molecule has 0 saturated heterocycles. The van der Waals surface area contributed by atoms with Crippen molar-refractivity contribution in [3.8, 4) is 0 Å². The number of hydrogen-bond acceptors (Lipinski definition) is 2. The van der Waals surface area contributed by atoms with E-state index in [2.05, 4.69) is 6.92 Å². The van der Waals surface area contributed by atoms with E-state index < -0.39 is 5.97 Å². The van der Waals surface area contributed by atoms with Gasteiger partial charge in [-0.2, -0.15) is 0 Å². The Morgan fingerprint density at radius 2 is 1.11 bits per heavy atom. The molecule has 0 rings (SSSR count). The number of carboxylic acids is 1. The molecule has 0 aromatic carbocycles. The van der Waals surface area contributed by atoms with Gasteiger partial charge in [0.15, 0.2) is 0 Å². The van der Waals surface area contributed by atoms with Crippen LogP contribution in [0.1, 0.15) is 84.0 Å². The summed E-state index contributed by atoms with van der Waals surface area (Å²) < 4.78 is 0. The number of carbonyl (C=O) groups is 1.